The van der Waals surface area contributed by atoms with Crippen LogP contribution in [0.2, 0.25) is 0 Å². The van der Waals surface area contributed by atoms with E-state index in [0.717, 1.165) is 51.9 Å². The highest BCUT2D eigenvalue weighted by atomic mass is 79.9. The van der Waals surface area contributed by atoms with Gasteiger partial charge in [0.1, 0.15) is 5.66 Å². The first-order chi connectivity index (χ1) is 18.1. The van der Waals surface area contributed by atoms with E-state index in [1.165, 1.54) is 16.5 Å². The number of nitrogens with one attached hydrogen (secondary N) is 4. The molecule has 2 aliphatic rings. The fourth-order valence-electron chi connectivity index (χ4n) is 5.06. The molecule has 2 aliphatic heterocycles. The normalized spacial score (nSPS) is 19.6. The number of hydrogen-bond acceptors (Lipinski definition) is 5. The number of H-pyrrole nitrogens is 1. The number of rotatable bonds is 5. The first-order valence-electron chi connectivity index (χ1n) is 12.5. The van der Waals surface area contributed by atoms with E-state index in [4.69, 9.17) is 10.7 Å². The first kappa shape index (κ1) is 23.7. The summed E-state index contributed by atoms with van der Waals surface area (Å²) in [6, 6.07) is 25.1. The summed E-state index contributed by atoms with van der Waals surface area (Å²) in [5.74, 6) is 0.611. The number of nitrogens with zero attached hydrogens (tertiary/aromatic N) is 1. The first-order valence-corrected chi connectivity index (χ1v) is 13.3. The minimum absolute atomic E-state index is 0.547. The van der Waals surface area contributed by atoms with Crippen LogP contribution in [0.3, 0.4) is 0 Å². The number of aliphatic imine (C=N–C) groups is 1. The third-order valence-corrected chi connectivity index (χ3v) is 7.89. The molecule has 37 heavy (non-hydrogen) atoms. The summed E-state index contributed by atoms with van der Waals surface area (Å²) >= 11 is 3.67. The Hall–Kier alpha value is -3.65. The third kappa shape index (κ3) is 4.85. The van der Waals surface area contributed by atoms with E-state index in [-0.39, 0.29) is 0 Å². The molecule has 186 valence electrons. The molecule has 1 aromatic heterocycles. The maximum atomic E-state index is 6.92. The van der Waals surface area contributed by atoms with Gasteiger partial charge in [-0.2, -0.15) is 0 Å². The molecule has 0 bridgehead atoms. The Balaban J connectivity index is 1.29. The Labute approximate surface area is 224 Å². The quantitative estimate of drug-likeness (QED) is 0.219. The molecule has 1 atom stereocenters. The molecular weight excluding hydrogens is 524 g/mol. The average Bonchev–Trinajstić information content (AvgIpc) is 3.35. The smallest absolute Gasteiger partial charge is 0.202 e. The molecule has 4 aromatic rings. The lowest BCUT2D eigenvalue weighted by molar-refractivity contribution is 0.536. The Morgan fingerprint density at radius 3 is 2.68 bits per heavy atom. The van der Waals surface area contributed by atoms with E-state index in [2.05, 4.69) is 110 Å². The van der Waals surface area contributed by atoms with Gasteiger partial charge in [-0.25, -0.2) is 4.99 Å². The van der Waals surface area contributed by atoms with Crippen LogP contribution < -0.4 is 21.7 Å². The zero-order chi connectivity index (χ0) is 25.2. The van der Waals surface area contributed by atoms with Crippen LogP contribution in [0, 0.1) is 0 Å². The maximum absolute atomic E-state index is 6.92. The lowest BCUT2D eigenvalue weighted by Gasteiger charge is -2.31. The highest BCUT2D eigenvalue weighted by Crippen LogP contribution is 2.33. The van der Waals surface area contributed by atoms with Gasteiger partial charge in [-0.05, 0) is 69.4 Å². The van der Waals surface area contributed by atoms with Crippen molar-refractivity contribution in [3.05, 3.63) is 107 Å². The molecule has 7 heteroatoms. The highest BCUT2D eigenvalue weighted by molar-refractivity contribution is 9.11. The fraction of sp³-hybridized carbons (Fsp3) is 0.167. The molecule has 0 radical (unpaired) electrons. The zero-order valence-electron chi connectivity index (χ0n) is 20.4. The van der Waals surface area contributed by atoms with Crippen LogP contribution >= 0.6 is 15.9 Å². The minimum Gasteiger partial charge on any atom is -0.361 e. The monoisotopic (exact) mass is 552 g/mol. The van der Waals surface area contributed by atoms with Crippen molar-refractivity contribution in [2.45, 2.75) is 18.5 Å². The highest BCUT2D eigenvalue weighted by Gasteiger charge is 2.32. The lowest BCUT2D eigenvalue weighted by atomic mass is 9.92. The Bertz CT molecular complexity index is 1530. The van der Waals surface area contributed by atoms with E-state index in [1.54, 1.807) is 0 Å². The van der Waals surface area contributed by atoms with Crippen LogP contribution in [-0.4, -0.2) is 29.7 Å². The van der Waals surface area contributed by atoms with Gasteiger partial charge in [0.05, 0.1) is 4.48 Å². The number of aromatic nitrogens is 1. The van der Waals surface area contributed by atoms with Crippen molar-refractivity contribution < 1.29 is 0 Å². The SMILES string of the molecule is NC1(Cc2ccccc2-c2ccccc2)N=C(Nc2ccc3[nH]cc(C4=CCNCC4)c3c2)NC=C1Br. The summed E-state index contributed by atoms with van der Waals surface area (Å²) in [6.07, 6.45) is 7.83. The largest absolute Gasteiger partial charge is 0.361 e. The predicted octanol–water partition coefficient (Wildman–Crippen LogP) is 5.72. The number of aromatic amines is 1. The van der Waals surface area contributed by atoms with Crippen molar-refractivity contribution in [1.29, 1.82) is 0 Å². The fourth-order valence-corrected chi connectivity index (χ4v) is 5.41. The molecule has 0 amide bonds. The summed E-state index contributed by atoms with van der Waals surface area (Å²) in [7, 11) is 0. The number of hydrogen-bond donors (Lipinski definition) is 5. The number of anilines is 1. The summed E-state index contributed by atoms with van der Waals surface area (Å²) in [4.78, 5) is 8.34. The zero-order valence-corrected chi connectivity index (χ0v) is 22.0. The molecule has 6 N–H and O–H groups in total. The van der Waals surface area contributed by atoms with Gasteiger partial charge >= 0.3 is 0 Å². The second kappa shape index (κ2) is 10.0. The molecular formula is C30H29BrN6. The number of benzene rings is 3. The van der Waals surface area contributed by atoms with Gasteiger partial charge in [-0.1, -0.05) is 60.7 Å². The van der Waals surface area contributed by atoms with Gasteiger partial charge < -0.3 is 26.7 Å². The van der Waals surface area contributed by atoms with Crippen LogP contribution in [0.5, 0.6) is 0 Å². The summed E-state index contributed by atoms with van der Waals surface area (Å²) < 4.78 is 0.801. The van der Waals surface area contributed by atoms with Crippen LogP contribution in [0.25, 0.3) is 27.6 Å². The van der Waals surface area contributed by atoms with E-state index in [9.17, 15) is 0 Å². The van der Waals surface area contributed by atoms with Gasteiger partial charge in [0.15, 0.2) is 0 Å². The Kier molecular flexibility index (Phi) is 6.42. The second-order valence-corrected chi connectivity index (χ2v) is 10.3. The van der Waals surface area contributed by atoms with Crippen molar-refractivity contribution in [3.63, 3.8) is 0 Å². The third-order valence-electron chi connectivity index (χ3n) is 6.98. The van der Waals surface area contributed by atoms with Crippen molar-refractivity contribution in [2.75, 3.05) is 18.4 Å². The lowest BCUT2D eigenvalue weighted by Crippen LogP contribution is -2.47. The average molecular weight is 554 g/mol. The predicted molar refractivity (Wildman–Crippen MR) is 157 cm³/mol. The Morgan fingerprint density at radius 1 is 1.00 bits per heavy atom. The molecule has 0 fully saturated rings. The van der Waals surface area contributed by atoms with E-state index < -0.39 is 5.66 Å². The van der Waals surface area contributed by atoms with Gasteiger partial charge in [0, 0.05) is 47.5 Å². The second-order valence-electron chi connectivity index (χ2n) is 9.49. The maximum Gasteiger partial charge on any atom is 0.202 e. The molecule has 0 saturated carbocycles. The van der Waals surface area contributed by atoms with Crippen molar-refractivity contribution in [2.24, 2.45) is 10.7 Å². The van der Waals surface area contributed by atoms with Crippen molar-refractivity contribution in [3.8, 4) is 11.1 Å². The Morgan fingerprint density at radius 2 is 1.84 bits per heavy atom. The van der Waals surface area contributed by atoms with Gasteiger partial charge in [-0.3, -0.25) is 0 Å². The van der Waals surface area contributed by atoms with Gasteiger partial charge in [0.25, 0.3) is 0 Å². The van der Waals surface area contributed by atoms with Gasteiger partial charge in [-0.15, -0.1) is 0 Å². The molecule has 0 saturated heterocycles. The molecule has 3 aromatic carbocycles. The molecule has 0 aliphatic carbocycles. The van der Waals surface area contributed by atoms with Crippen LogP contribution in [0.15, 0.2) is 101 Å². The summed E-state index contributed by atoms with van der Waals surface area (Å²) in [5, 5.41) is 11.3. The van der Waals surface area contributed by atoms with Crippen molar-refractivity contribution >= 4 is 44.1 Å². The van der Waals surface area contributed by atoms with Crippen molar-refractivity contribution in [1.82, 2.24) is 15.6 Å². The molecule has 1 unspecified atom stereocenters. The molecule has 6 rings (SSSR count). The van der Waals surface area contributed by atoms with Gasteiger partial charge in [0.2, 0.25) is 5.96 Å². The van der Waals surface area contributed by atoms with Crippen LogP contribution in [-0.2, 0) is 6.42 Å². The molecule has 6 nitrogen and oxygen atoms in total. The van der Waals surface area contributed by atoms with E-state index >= 15 is 0 Å². The summed E-state index contributed by atoms with van der Waals surface area (Å²) in [5.41, 5.74) is 14.1. The minimum atomic E-state index is -0.943. The number of fused-ring (bicyclic) bond motifs is 1. The topological polar surface area (TPSA) is 90.3 Å². The number of nitrogens with two attached hydrogens (primary N) is 1. The van der Waals surface area contributed by atoms with Crippen LogP contribution in [0.4, 0.5) is 5.69 Å². The van der Waals surface area contributed by atoms with Crippen LogP contribution in [0.1, 0.15) is 17.5 Å². The van der Waals surface area contributed by atoms with E-state index in [0.29, 0.717) is 12.4 Å². The number of guanidine groups is 1. The standard InChI is InChI=1S/C30H29BrN6/c31-28-19-35-29(36-23-10-11-27-25(16-23)26(18-34-27)21-12-14-33-15-13-21)37-30(28,32)17-22-8-4-5-9-24(22)20-6-2-1-3-7-20/h1-12,16,18-19,33-34H,13-15,17,32H2,(H2,35,36,37). The number of halogens is 1. The molecule has 0 spiro atoms. The summed E-state index contributed by atoms with van der Waals surface area (Å²) in [6.45, 7) is 1.91. The molecule has 3 heterocycles. The van der Waals surface area contributed by atoms with E-state index in [1.807, 2.05) is 18.3 Å².